The normalized spacial score (nSPS) is 51.0. The van der Waals surface area contributed by atoms with Gasteiger partial charge in [-0.3, -0.25) is 14.4 Å². The van der Waals surface area contributed by atoms with Gasteiger partial charge in [0.2, 0.25) is 0 Å². The fourth-order valence-electron chi connectivity index (χ4n) is 28.5. The second-order valence-electron chi connectivity index (χ2n) is 36.1. The van der Waals surface area contributed by atoms with Crippen molar-refractivity contribution in [2.75, 3.05) is 0 Å². The fraction of sp³-hybridized carbons (Fsp3) is 0.962. The summed E-state index contributed by atoms with van der Waals surface area (Å²) in [6.07, 6.45) is 27.8. The van der Waals surface area contributed by atoms with E-state index in [0.29, 0.717) is 124 Å². The Bertz CT molecular complexity index is 2230. The second kappa shape index (κ2) is 28.9. The predicted octanol–water partition coefficient (Wildman–Crippen LogP) is 15.2. The van der Waals surface area contributed by atoms with Gasteiger partial charge in [0.05, 0.1) is 36.6 Å². The first-order chi connectivity index (χ1) is 42.4. The number of carboxylic acids is 3. The van der Waals surface area contributed by atoms with E-state index in [2.05, 4.69) is 83.1 Å². The monoisotopic (exact) mass is 1300 g/mol. The first-order valence-corrected chi connectivity index (χ1v) is 38.1. The van der Waals surface area contributed by atoms with Crippen molar-refractivity contribution in [3.63, 3.8) is 0 Å². The van der Waals surface area contributed by atoms with Gasteiger partial charge in [0.1, 0.15) is 0 Å². The Hall–Kier alpha value is -0.570. The van der Waals surface area contributed by atoms with E-state index in [0.717, 1.165) is 96.3 Å². The molecular formula is C78H134CaO12. The molecule has 0 aliphatic heterocycles. The van der Waals surface area contributed by atoms with Gasteiger partial charge in [-0.25, -0.2) is 0 Å². The van der Waals surface area contributed by atoms with Gasteiger partial charge in [0, 0.05) is 19.3 Å². The maximum absolute atomic E-state index is 11.7. The van der Waals surface area contributed by atoms with Gasteiger partial charge in [-0.15, -0.1) is 0 Å². The molecule has 0 radical (unpaired) electrons. The van der Waals surface area contributed by atoms with Crippen LogP contribution in [0, 0.1) is 157 Å². The van der Waals surface area contributed by atoms with Gasteiger partial charge in [-0.05, 0) is 311 Å². The SMILES string of the molecule is CC[C@H]1[C@@H](O)C2C3CC[C@H]([C@H](C)CCC(=O)O)[C@@]3(C)CCC2[C@@]2(C)CC[C@@H](O)C[C@@H]12.CC[C@H]1[C@@H](O)C2C3CC[C@H]([C@H](C)CCC(=O)O)[C@@]3(C)CCC2[C@@]2(C)CC[C@@H](O)C[C@@H]12.CC[C@H]1[C@@H](O)C2C3CC[C@H]([C@H](C)CCC(=O)O)[C@@]3(C)CCC2[C@@]2(C)CC[C@@H](O)C[C@@H]12.[Ca+2].[H-].[H-]. The molecule has 0 amide bonds. The molecule has 12 fully saturated rings. The Balaban J connectivity index is 0.000000194. The third-order valence-corrected chi connectivity index (χ3v) is 32.9. The minimum absolute atomic E-state index is 0. The predicted molar refractivity (Wildman–Crippen MR) is 361 cm³/mol. The number of rotatable bonds is 15. The number of aliphatic hydroxyl groups excluding tert-OH is 6. The molecule has 12 saturated carbocycles. The Morgan fingerprint density at radius 3 is 0.791 bits per heavy atom. The van der Waals surface area contributed by atoms with E-state index in [-0.39, 0.29) is 129 Å². The number of fused-ring (bicyclic) bond motifs is 15. The second-order valence-corrected chi connectivity index (χ2v) is 36.1. The summed E-state index contributed by atoms with van der Waals surface area (Å²) in [5.41, 5.74) is 1.44. The smallest absolute Gasteiger partial charge is 1.00 e. The van der Waals surface area contributed by atoms with Crippen LogP contribution in [0.2, 0.25) is 0 Å². The maximum Gasteiger partial charge on any atom is 2.00 e. The van der Waals surface area contributed by atoms with Crippen molar-refractivity contribution >= 4 is 55.6 Å². The van der Waals surface area contributed by atoms with Crippen molar-refractivity contribution in [2.24, 2.45) is 157 Å². The quantitative estimate of drug-likeness (QED) is 0.0697. The molecule has 0 saturated heterocycles. The van der Waals surface area contributed by atoms with Crippen molar-refractivity contribution < 1.29 is 63.2 Å². The zero-order valence-electron chi connectivity index (χ0n) is 61.3. The van der Waals surface area contributed by atoms with Crippen molar-refractivity contribution in [3.8, 4) is 0 Å². The molecule has 9 unspecified atom stereocenters. The summed E-state index contributed by atoms with van der Waals surface area (Å²) >= 11 is 0. The van der Waals surface area contributed by atoms with Crippen molar-refractivity contribution in [2.45, 2.75) is 312 Å². The van der Waals surface area contributed by atoms with Crippen LogP contribution in [0.15, 0.2) is 0 Å². The zero-order chi connectivity index (χ0) is 65.5. The molecule has 0 aromatic carbocycles. The van der Waals surface area contributed by atoms with E-state index in [1.165, 1.54) is 77.0 Å². The van der Waals surface area contributed by atoms with Crippen LogP contribution >= 0.6 is 0 Å². The van der Waals surface area contributed by atoms with Crippen LogP contribution in [0.25, 0.3) is 0 Å². The van der Waals surface area contributed by atoms with Gasteiger partial charge in [0.25, 0.3) is 0 Å². The van der Waals surface area contributed by atoms with Crippen molar-refractivity contribution in [1.82, 2.24) is 0 Å². The number of hydrogen-bond acceptors (Lipinski definition) is 9. The average Bonchev–Trinajstić information content (AvgIpc) is 1.69. The van der Waals surface area contributed by atoms with Crippen LogP contribution in [-0.2, 0) is 14.4 Å². The molecule has 12 rings (SSSR count). The van der Waals surface area contributed by atoms with Gasteiger partial charge in [-0.1, -0.05) is 102 Å². The molecule has 520 valence electrons. The van der Waals surface area contributed by atoms with Gasteiger partial charge in [-0.2, -0.15) is 0 Å². The Kier molecular flexibility index (Phi) is 23.7. The molecule has 12 aliphatic rings. The minimum Gasteiger partial charge on any atom is -1.00 e. The number of hydrogen-bond donors (Lipinski definition) is 9. The average molecular weight is 1300 g/mol. The number of carbonyl (C=O) groups is 3. The number of aliphatic hydroxyl groups is 6. The Labute approximate surface area is 583 Å². The largest absolute Gasteiger partial charge is 2.00 e. The molecule has 13 heteroatoms. The zero-order valence-corrected chi connectivity index (χ0v) is 61.5. The minimum atomic E-state index is -0.683. The summed E-state index contributed by atoms with van der Waals surface area (Å²) < 4.78 is 0. The van der Waals surface area contributed by atoms with Crippen LogP contribution in [0.5, 0.6) is 0 Å². The van der Waals surface area contributed by atoms with Crippen LogP contribution in [0.4, 0.5) is 0 Å². The van der Waals surface area contributed by atoms with E-state index in [1.54, 1.807) is 0 Å². The molecule has 0 aromatic heterocycles. The molecule has 9 N–H and O–H groups in total. The molecule has 0 bridgehead atoms. The van der Waals surface area contributed by atoms with E-state index in [9.17, 15) is 45.0 Å². The van der Waals surface area contributed by atoms with Crippen molar-refractivity contribution in [3.05, 3.63) is 0 Å². The summed E-state index contributed by atoms with van der Waals surface area (Å²) in [5.74, 6) is 7.73. The molecular weight excluding hydrogens is 1170 g/mol. The van der Waals surface area contributed by atoms with Gasteiger partial charge >= 0.3 is 55.6 Å². The summed E-state index contributed by atoms with van der Waals surface area (Å²) in [6, 6.07) is 0. The van der Waals surface area contributed by atoms with E-state index in [4.69, 9.17) is 15.3 Å². The number of aliphatic carboxylic acids is 3. The first kappa shape index (κ1) is 74.6. The molecule has 0 heterocycles. The maximum atomic E-state index is 11.7. The van der Waals surface area contributed by atoms with Crippen LogP contribution in [0.3, 0.4) is 0 Å². The Morgan fingerprint density at radius 2 is 0.571 bits per heavy atom. The molecule has 0 spiro atoms. The third-order valence-electron chi connectivity index (χ3n) is 32.9. The van der Waals surface area contributed by atoms with Crippen LogP contribution in [-0.4, -0.2) is 138 Å². The van der Waals surface area contributed by atoms with Crippen molar-refractivity contribution in [1.29, 1.82) is 0 Å². The van der Waals surface area contributed by atoms with E-state index < -0.39 is 17.9 Å². The topological polar surface area (TPSA) is 233 Å². The number of carboxylic acid groups (broad SMARTS) is 3. The van der Waals surface area contributed by atoms with Gasteiger partial charge in [0.15, 0.2) is 0 Å². The summed E-state index contributed by atoms with van der Waals surface area (Å²) in [7, 11) is 0. The summed E-state index contributed by atoms with van der Waals surface area (Å²) in [6.45, 7) is 28.3. The summed E-state index contributed by atoms with van der Waals surface area (Å²) in [4.78, 5) is 33.4. The van der Waals surface area contributed by atoms with Crippen LogP contribution in [0.1, 0.15) is 279 Å². The van der Waals surface area contributed by atoms with Gasteiger partial charge < -0.3 is 48.8 Å². The van der Waals surface area contributed by atoms with E-state index in [1.807, 2.05) is 0 Å². The Morgan fingerprint density at radius 1 is 0.352 bits per heavy atom. The standard InChI is InChI=1S/3C26H44O4.Ca.2H/c3*1-5-17-21-14-16(27)10-12-26(21,4)20-11-13-25(3)18(15(2)6-9-22(28)29)7-8-19(25)23(20)24(17)30;;;/h3*15-21,23-24,27,30H,5-14H2,1-4H3,(H,28,29);;;/q;;;+2;2*-1/t3*15-,16-,17-,18-,19?,20?,21+,23?,24-,25-,26-;;;/m111.../s1. The molecule has 33 atom stereocenters. The van der Waals surface area contributed by atoms with E-state index >= 15 is 0 Å². The molecule has 91 heavy (non-hydrogen) atoms. The molecule has 12 nitrogen and oxygen atoms in total. The van der Waals surface area contributed by atoms with Crippen LogP contribution < -0.4 is 0 Å². The first-order valence-electron chi connectivity index (χ1n) is 38.1. The molecule has 12 aliphatic carbocycles. The molecule has 0 aromatic rings. The third kappa shape index (κ3) is 13.2. The fourth-order valence-corrected chi connectivity index (χ4v) is 28.5. The summed E-state index contributed by atoms with van der Waals surface area (Å²) in [5, 5.41) is 93.8.